The summed E-state index contributed by atoms with van der Waals surface area (Å²) in [5.74, 6) is 0.680. The number of nitrogens with zero attached hydrogens (tertiary/aromatic N) is 2. The van der Waals surface area contributed by atoms with E-state index in [4.69, 9.17) is 16.7 Å². The molecule has 0 aliphatic heterocycles. The van der Waals surface area contributed by atoms with Crippen LogP contribution in [0.3, 0.4) is 0 Å². The quantitative estimate of drug-likeness (QED) is 0.922. The minimum Gasteiger partial charge on any atom is -0.392 e. The molecular weight excluding hydrogens is 248 g/mol. The first kappa shape index (κ1) is 12.9. The highest BCUT2D eigenvalue weighted by atomic mass is 35.5. The highest BCUT2D eigenvalue weighted by molar-refractivity contribution is 6.33. The number of anilines is 2. The molecule has 0 saturated heterocycles. The topological polar surface area (TPSA) is 36.4 Å². The van der Waals surface area contributed by atoms with Crippen molar-refractivity contribution in [2.45, 2.75) is 13.5 Å². The standard InChI is InChI=1S/C14H15ClN2O/c1-10-4-3-5-12(6-10)17(2)14-13(15)7-11(9-18)8-16-14/h3-8,18H,9H2,1-2H3. The Morgan fingerprint density at radius 1 is 1.33 bits per heavy atom. The van der Waals surface area contributed by atoms with E-state index in [1.807, 2.05) is 37.1 Å². The van der Waals surface area contributed by atoms with Crippen LogP contribution >= 0.6 is 11.6 Å². The van der Waals surface area contributed by atoms with Crippen LogP contribution in [0.15, 0.2) is 36.5 Å². The molecule has 0 aliphatic rings. The van der Waals surface area contributed by atoms with Crippen molar-refractivity contribution >= 4 is 23.1 Å². The summed E-state index contributed by atoms with van der Waals surface area (Å²) in [7, 11) is 1.92. The average Bonchev–Trinajstić information content (AvgIpc) is 2.37. The summed E-state index contributed by atoms with van der Waals surface area (Å²) in [5.41, 5.74) is 2.92. The van der Waals surface area contributed by atoms with Crippen LogP contribution < -0.4 is 4.90 Å². The molecule has 4 heteroatoms. The molecule has 2 rings (SSSR count). The molecule has 0 aliphatic carbocycles. The maximum Gasteiger partial charge on any atom is 0.151 e. The van der Waals surface area contributed by atoms with Gasteiger partial charge in [-0.25, -0.2) is 4.98 Å². The van der Waals surface area contributed by atoms with Crippen molar-refractivity contribution in [2.24, 2.45) is 0 Å². The average molecular weight is 263 g/mol. The van der Waals surface area contributed by atoms with Gasteiger partial charge in [-0.15, -0.1) is 0 Å². The highest BCUT2D eigenvalue weighted by Crippen LogP contribution is 2.29. The van der Waals surface area contributed by atoms with E-state index in [-0.39, 0.29) is 6.61 Å². The number of aliphatic hydroxyl groups excluding tert-OH is 1. The largest absolute Gasteiger partial charge is 0.392 e. The van der Waals surface area contributed by atoms with E-state index in [9.17, 15) is 0 Å². The van der Waals surface area contributed by atoms with E-state index in [0.29, 0.717) is 16.4 Å². The van der Waals surface area contributed by atoms with E-state index in [1.54, 1.807) is 12.3 Å². The summed E-state index contributed by atoms with van der Waals surface area (Å²) in [5, 5.41) is 9.57. The molecule has 1 aromatic heterocycles. The van der Waals surface area contributed by atoms with Crippen molar-refractivity contribution < 1.29 is 5.11 Å². The molecule has 0 unspecified atom stereocenters. The number of benzene rings is 1. The van der Waals surface area contributed by atoms with Crippen LogP contribution in [-0.4, -0.2) is 17.1 Å². The number of hydrogen-bond acceptors (Lipinski definition) is 3. The van der Waals surface area contributed by atoms with Crippen LogP contribution in [0, 0.1) is 6.92 Å². The highest BCUT2D eigenvalue weighted by Gasteiger charge is 2.10. The smallest absolute Gasteiger partial charge is 0.151 e. The zero-order chi connectivity index (χ0) is 13.1. The second-order valence-electron chi connectivity index (χ2n) is 4.21. The zero-order valence-corrected chi connectivity index (χ0v) is 11.1. The van der Waals surface area contributed by atoms with E-state index < -0.39 is 0 Å². The summed E-state index contributed by atoms with van der Waals surface area (Å²) >= 11 is 6.18. The van der Waals surface area contributed by atoms with Gasteiger partial charge >= 0.3 is 0 Å². The second-order valence-corrected chi connectivity index (χ2v) is 4.61. The van der Waals surface area contributed by atoms with Gasteiger partial charge in [0.2, 0.25) is 0 Å². The van der Waals surface area contributed by atoms with Crippen molar-refractivity contribution in [1.29, 1.82) is 0 Å². The third-order valence-electron chi connectivity index (χ3n) is 2.77. The van der Waals surface area contributed by atoms with Crippen LogP contribution in [0.4, 0.5) is 11.5 Å². The molecule has 0 amide bonds. The van der Waals surface area contributed by atoms with Gasteiger partial charge in [-0.05, 0) is 36.2 Å². The number of aromatic nitrogens is 1. The number of rotatable bonds is 3. The Morgan fingerprint density at radius 2 is 2.11 bits per heavy atom. The fourth-order valence-corrected chi connectivity index (χ4v) is 2.08. The Kier molecular flexibility index (Phi) is 3.84. The van der Waals surface area contributed by atoms with Gasteiger partial charge in [0.25, 0.3) is 0 Å². The van der Waals surface area contributed by atoms with E-state index in [2.05, 4.69) is 11.1 Å². The Bertz CT molecular complexity index is 557. The van der Waals surface area contributed by atoms with Gasteiger partial charge < -0.3 is 10.0 Å². The Hall–Kier alpha value is -1.58. The minimum absolute atomic E-state index is 0.0544. The predicted octanol–water partition coefficient (Wildman–Crippen LogP) is 3.30. The molecule has 18 heavy (non-hydrogen) atoms. The van der Waals surface area contributed by atoms with Crippen LogP contribution in [0.1, 0.15) is 11.1 Å². The molecule has 94 valence electrons. The summed E-state index contributed by atoms with van der Waals surface area (Å²) in [6.45, 7) is 1.99. The molecule has 0 bridgehead atoms. The summed E-state index contributed by atoms with van der Waals surface area (Å²) in [4.78, 5) is 6.22. The molecule has 2 aromatic rings. The maximum atomic E-state index is 9.03. The molecule has 0 radical (unpaired) electrons. The fourth-order valence-electron chi connectivity index (χ4n) is 1.76. The Morgan fingerprint density at radius 3 is 2.72 bits per heavy atom. The maximum absolute atomic E-state index is 9.03. The van der Waals surface area contributed by atoms with Crippen molar-refractivity contribution in [3.8, 4) is 0 Å². The van der Waals surface area contributed by atoms with Crippen LogP contribution in [0.5, 0.6) is 0 Å². The van der Waals surface area contributed by atoms with Crippen LogP contribution in [0.2, 0.25) is 5.02 Å². The molecule has 1 aromatic carbocycles. The number of pyridine rings is 1. The first-order valence-corrected chi connectivity index (χ1v) is 6.05. The van der Waals surface area contributed by atoms with Gasteiger partial charge in [0.1, 0.15) is 0 Å². The normalized spacial score (nSPS) is 10.4. The molecular formula is C14H15ClN2O. The molecule has 1 heterocycles. The third kappa shape index (κ3) is 2.63. The number of hydrogen-bond donors (Lipinski definition) is 1. The lowest BCUT2D eigenvalue weighted by atomic mass is 10.2. The second kappa shape index (κ2) is 5.38. The van der Waals surface area contributed by atoms with Crippen LogP contribution in [0.25, 0.3) is 0 Å². The first-order valence-electron chi connectivity index (χ1n) is 5.67. The van der Waals surface area contributed by atoms with Crippen molar-refractivity contribution in [1.82, 2.24) is 4.98 Å². The molecule has 3 nitrogen and oxygen atoms in total. The van der Waals surface area contributed by atoms with E-state index in [0.717, 1.165) is 5.69 Å². The molecule has 0 saturated carbocycles. The van der Waals surface area contributed by atoms with Crippen molar-refractivity contribution in [3.05, 3.63) is 52.7 Å². The SMILES string of the molecule is Cc1cccc(N(C)c2ncc(CO)cc2Cl)c1. The summed E-state index contributed by atoms with van der Waals surface area (Å²) in [6, 6.07) is 9.84. The lowest BCUT2D eigenvalue weighted by Crippen LogP contribution is -2.12. The van der Waals surface area contributed by atoms with Crippen molar-refractivity contribution in [3.63, 3.8) is 0 Å². The van der Waals surface area contributed by atoms with E-state index in [1.165, 1.54) is 5.56 Å². The molecule has 0 spiro atoms. The minimum atomic E-state index is -0.0544. The van der Waals surface area contributed by atoms with Crippen molar-refractivity contribution in [2.75, 3.05) is 11.9 Å². The molecule has 1 N–H and O–H groups in total. The van der Waals surface area contributed by atoms with Gasteiger partial charge in [0.15, 0.2) is 5.82 Å². The Labute approximate surface area is 112 Å². The monoisotopic (exact) mass is 262 g/mol. The number of aryl methyl sites for hydroxylation is 1. The fraction of sp³-hybridized carbons (Fsp3) is 0.214. The summed E-state index contributed by atoms with van der Waals surface area (Å²) < 4.78 is 0. The number of aliphatic hydroxyl groups is 1. The Balaban J connectivity index is 2.37. The van der Waals surface area contributed by atoms with Crippen LogP contribution in [-0.2, 0) is 6.61 Å². The zero-order valence-electron chi connectivity index (χ0n) is 10.4. The predicted molar refractivity (Wildman–Crippen MR) is 74.4 cm³/mol. The van der Waals surface area contributed by atoms with E-state index >= 15 is 0 Å². The van der Waals surface area contributed by atoms with Gasteiger partial charge in [0.05, 0.1) is 11.6 Å². The molecule has 0 fully saturated rings. The third-order valence-corrected chi connectivity index (χ3v) is 3.05. The lowest BCUT2D eigenvalue weighted by Gasteiger charge is -2.20. The van der Waals surface area contributed by atoms with Gasteiger partial charge in [-0.3, -0.25) is 0 Å². The van der Waals surface area contributed by atoms with Gasteiger partial charge in [0, 0.05) is 18.9 Å². The molecule has 0 atom stereocenters. The van der Waals surface area contributed by atoms with Gasteiger partial charge in [-0.1, -0.05) is 23.7 Å². The number of halogens is 1. The van der Waals surface area contributed by atoms with Gasteiger partial charge in [-0.2, -0.15) is 0 Å². The lowest BCUT2D eigenvalue weighted by molar-refractivity contribution is 0.281. The summed E-state index contributed by atoms with van der Waals surface area (Å²) in [6.07, 6.45) is 1.63. The first-order chi connectivity index (χ1) is 8.61.